The first kappa shape index (κ1) is 15.8. The van der Waals surface area contributed by atoms with E-state index in [9.17, 15) is 4.79 Å². The summed E-state index contributed by atoms with van der Waals surface area (Å²) in [5.74, 6) is -0.327. The summed E-state index contributed by atoms with van der Waals surface area (Å²) in [6, 6.07) is 9.47. The van der Waals surface area contributed by atoms with E-state index in [0.717, 1.165) is 22.6 Å². The van der Waals surface area contributed by atoms with Crippen molar-refractivity contribution in [1.29, 1.82) is 0 Å². The van der Waals surface area contributed by atoms with Gasteiger partial charge in [-0.05, 0) is 44.2 Å². The Morgan fingerprint density at radius 1 is 1.23 bits per heavy atom. The predicted octanol–water partition coefficient (Wildman–Crippen LogP) is 2.78. The Kier molecular flexibility index (Phi) is 4.65. The average molecular weight is 299 g/mol. The Bertz CT molecular complexity index is 697. The fourth-order valence-corrected chi connectivity index (χ4v) is 2.36. The molecule has 1 heterocycles. The van der Waals surface area contributed by atoms with Crippen LogP contribution in [0.4, 0.5) is 0 Å². The van der Waals surface area contributed by atoms with Gasteiger partial charge in [-0.15, -0.1) is 0 Å². The zero-order valence-corrected chi connectivity index (χ0v) is 13.6. The maximum Gasteiger partial charge on any atom is 0.337 e. The van der Waals surface area contributed by atoms with Crippen molar-refractivity contribution in [2.75, 3.05) is 21.2 Å². The molecular weight excluding hydrogens is 278 g/mol. The highest BCUT2D eigenvalue weighted by atomic mass is 16.5. The molecule has 0 N–H and O–H groups in total. The van der Waals surface area contributed by atoms with E-state index in [-0.39, 0.29) is 5.97 Å². The standard InChI is InChI=1S/C17H21N3O2/c1-12-10-15(11-18-19(3)4)13(2)20(12)16-8-6-14(7-9-16)17(21)22-5/h6-11H,1-5H3/b18-11-. The number of hydrogen-bond acceptors (Lipinski definition) is 4. The fourth-order valence-electron chi connectivity index (χ4n) is 2.36. The van der Waals surface area contributed by atoms with E-state index >= 15 is 0 Å². The van der Waals surface area contributed by atoms with Crippen molar-refractivity contribution in [3.63, 3.8) is 0 Å². The third-order valence-corrected chi connectivity index (χ3v) is 3.44. The highest BCUT2D eigenvalue weighted by Crippen LogP contribution is 2.20. The second-order valence-corrected chi connectivity index (χ2v) is 5.29. The predicted molar refractivity (Wildman–Crippen MR) is 87.9 cm³/mol. The van der Waals surface area contributed by atoms with E-state index in [1.54, 1.807) is 17.1 Å². The first-order chi connectivity index (χ1) is 10.4. The number of carbonyl (C=O) groups excluding carboxylic acids is 1. The van der Waals surface area contributed by atoms with E-state index in [2.05, 4.69) is 22.7 Å². The van der Waals surface area contributed by atoms with Crippen molar-refractivity contribution in [3.05, 3.63) is 52.8 Å². The van der Waals surface area contributed by atoms with Crippen LogP contribution in [0.3, 0.4) is 0 Å². The van der Waals surface area contributed by atoms with Crippen LogP contribution >= 0.6 is 0 Å². The fraction of sp³-hybridized carbons (Fsp3) is 0.294. The molecule has 0 aliphatic heterocycles. The molecule has 2 rings (SSSR count). The minimum atomic E-state index is -0.327. The molecule has 2 aromatic rings. The molecular formula is C17H21N3O2. The number of benzene rings is 1. The van der Waals surface area contributed by atoms with Crippen molar-refractivity contribution in [1.82, 2.24) is 9.58 Å². The summed E-state index contributed by atoms with van der Waals surface area (Å²) in [6.07, 6.45) is 1.85. The summed E-state index contributed by atoms with van der Waals surface area (Å²) in [7, 11) is 5.16. The van der Waals surface area contributed by atoms with Gasteiger partial charge in [-0.25, -0.2) is 4.79 Å². The molecule has 22 heavy (non-hydrogen) atoms. The molecule has 0 saturated carbocycles. The monoisotopic (exact) mass is 299 g/mol. The molecule has 0 atom stereocenters. The van der Waals surface area contributed by atoms with Crippen LogP contribution in [0.15, 0.2) is 35.4 Å². The number of aromatic nitrogens is 1. The number of ether oxygens (including phenoxy) is 1. The molecule has 0 saturated heterocycles. The van der Waals surface area contributed by atoms with Crippen molar-refractivity contribution in [2.24, 2.45) is 5.10 Å². The van der Waals surface area contributed by atoms with Gasteiger partial charge in [0.15, 0.2) is 0 Å². The lowest BCUT2D eigenvalue weighted by atomic mass is 10.2. The Morgan fingerprint density at radius 2 is 1.86 bits per heavy atom. The van der Waals surface area contributed by atoms with Gasteiger partial charge in [-0.3, -0.25) is 0 Å². The Hall–Kier alpha value is -2.56. The number of carbonyl (C=O) groups is 1. The molecule has 0 aliphatic carbocycles. The molecule has 5 heteroatoms. The second kappa shape index (κ2) is 6.47. The molecule has 1 aromatic carbocycles. The normalized spacial score (nSPS) is 11.0. The van der Waals surface area contributed by atoms with Gasteiger partial charge in [-0.2, -0.15) is 5.10 Å². The van der Waals surface area contributed by atoms with E-state index in [1.807, 2.05) is 39.4 Å². The van der Waals surface area contributed by atoms with Crippen LogP contribution in [-0.4, -0.2) is 43.0 Å². The molecule has 0 amide bonds. The van der Waals surface area contributed by atoms with Crippen molar-refractivity contribution >= 4 is 12.2 Å². The first-order valence-corrected chi connectivity index (χ1v) is 7.03. The number of aryl methyl sites for hydroxylation is 1. The molecule has 0 aliphatic rings. The van der Waals surface area contributed by atoms with Crippen molar-refractivity contribution in [3.8, 4) is 5.69 Å². The average Bonchev–Trinajstić information content (AvgIpc) is 2.79. The number of hydrogen-bond donors (Lipinski definition) is 0. The third-order valence-electron chi connectivity index (χ3n) is 3.44. The smallest absolute Gasteiger partial charge is 0.337 e. The molecule has 0 spiro atoms. The minimum absolute atomic E-state index is 0.327. The number of methoxy groups -OCH3 is 1. The molecule has 0 unspecified atom stereocenters. The van der Waals surface area contributed by atoms with Crippen LogP contribution in [0.25, 0.3) is 5.69 Å². The third kappa shape index (κ3) is 3.19. The van der Waals surface area contributed by atoms with Gasteiger partial charge in [0.1, 0.15) is 0 Å². The van der Waals surface area contributed by atoms with Crippen LogP contribution in [0, 0.1) is 13.8 Å². The first-order valence-electron chi connectivity index (χ1n) is 7.03. The maximum absolute atomic E-state index is 11.5. The SMILES string of the molecule is COC(=O)c1ccc(-n2c(C)cc(/C=N\N(C)C)c2C)cc1. The summed E-state index contributed by atoms with van der Waals surface area (Å²) in [6.45, 7) is 4.10. The van der Waals surface area contributed by atoms with Crippen molar-refractivity contribution < 1.29 is 9.53 Å². The van der Waals surface area contributed by atoms with Gasteiger partial charge >= 0.3 is 5.97 Å². The van der Waals surface area contributed by atoms with Gasteiger partial charge in [0.2, 0.25) is 0 Å². The Labute approximate surface area is 130 Å². The number of hydrazone groups is 1. The van der Waals surface area contributed by atoms with Crippen LogP contribution in [0.1, 0.15) is 27.3 Å². The van der Waals surface area contributed by atoms with Crippen LogP contribution in [0.5, 0.6) is 0 Å². The highest BCUT2D eigenvalue weighted by Gasteiger charge is 2.11. The number of rotatable bonds is 4. The zero-order chi connectivity index (χ0) is 16.3. The largest absolute Gasteiger partial charge is 0.465 e. The summed E-state index contributed by atoms with van der Waals surface area (Å²) in [4.78, 5) is 11.5. The number of esters is 1. The molecule has 116 valence electrons. The van der Waals surface area contributed by atoms with E-state index in [4.69, 9.17) is 4.74 Å². The lowest BCUT2D eigenvalue weighted by Gasteiger charge is -2.10. The lowest BCUT2D eigenvalue weighted by Crippen LogP contribution is -2.04. The second-order valence-electron chi connectivity index (χ2n) is 5.29. The summed E-state index contributed by atoms with van der Waals surface area (Å²) in [5.41, 5.74) is 4.84. The van der Waals surface area contributed by atoms with Crippen LogP contribution < -0.4 is 0 Å². The summed E-state index contributed by atoms with van der Waals surface area (Å²) < 4.78 is 6.86. The van der Waals surface area contributed by atoms with Crippen LogP contribution in [-0.2, 0) is 4.74 Å². The minimum Gasteiger partial charge on any atom is -0.465 e. The quantitative estimate of drug-likeness (QED) is 0.495. The molecule has 0 fully saturated rings. The van der Waals surface area contributed by atoms with Gasteiger partial charge < -0.3 is 14.3 Å². The summed E-state index contributed by atoms with van der Waals surface area (Å²) in [5, 5.41) is 6.05. The molecule has 0 bridgehead atoms. The van der Waals surface area contributed by atoms with Gasteiger partial charge in [0, 0.05) is 36.7 Å². The molecule has 1 aromatic heterocycles. The number of nitrogens with zero attached hydrogens (tertiary/aromatic N) is 3. The van der Waals surface area contributed by atoms with Crippen LogP contribution in [0.2, 0.25) is 0 Å². The molecule has 0 radical (unpaired) electrons. The van der Waals surface area contributed by atoms with E-state index < -0.39 is 0 Å². The van der Waals surface area contributed by atoms with Gasteiger partial charge in [-0.1, -0.05) is 0 Å². The Morgan fingerprint density at radius 3 is 2.41 bits per heavy atom. The van der Waals surface area contributed by atoms with E-state index in [1.165, 1.54) is 7.11 Å². The maximum atomic E-state index is 11.5. The van der Waals surface area contributed by atoms with E-state index in [0.29, 0.717) is 5.56 Å². The Balaban J connectivity index is 2.39. The van der Waals surface area contributed by atoms with Crippen molar-refractivity contribution in [2.45, 2.75) is 13.8 Å². The lowest BCUT2D eigenvalue weighted by molar-refractivity contribution is 0.0601. The molecule has 5 nitrogen and oxygen atoms in total. The van der Waals surface area contributed by atoms with Gasteiger partial charge in [0.05, 0.1) is 18.9 Å². The zero-order valence-electron chi connectivity index (χ0n) is 13.6. The summed E-state index contributed by atoms with van der Waals surface area (Å²) >= 11 is 0. The van der Waals surface area contributed by atoms with Gasteiger partial charge in [0.25, 0.3) is 0 Å². The highest BCUT2D eigenvalue weighted by molar-refractivity contribution is 5.89. The topological polar surface area (TPSA) is 46.8 Å².